The summed E-state index contributed by atoms with van der Waals surface area (Å²) >= 11 is 0. The lowest BCUT2D eigenvalue weighted by Gasteiger charge is -2.06. The van der Waals surface area contributed by atoms with Crippen LogP contribution >= 0.6 is 0 Å². The molecule has 0 atom stereocenters. The smallest absolute Gasteiger partial charge is 0.140 e. The van der Waals surface area contributed by atoms with Crippen LogP contribution < -0.4 is 5.73 Å². The minimum absolute atomic E-state index is 0.565. The summed E-state index contributed by atoms with van der Waals surface area (Å²) in [6.07, 6.45) is 3.70. The van der Waals surface area contributed by atoms with Crippen LogP contribution in [0.15, 0.2) is 36.4 Å². The molecule has 0 unspecified atom stereocenters. The van der Waals surface area contributed by atoms with Crippen molar-refractivity contribution in [2.24, 2.45) is 12.8 Å². The lowest BCUT2D eigenvalue weighted by Crippen LogP contribution is -1.97. The van der Waals surface area contributed by atoms with Gasteiger partial charge in [0.05, 0.1) is 11.0 Å². The summed E-state index contributed by atoms with van der Waals surface area (Å²) < 4.78 is 2.17. The SMILES string of the molecule is Cn1c(-c2ccc3c(c2)CCC3)nc2ccc(CN)cc21. The summed E-state index contributed by atoms with van der Waals surface area (Å²) in [7, 11) is 2.08. The van der Waals surface area contributed by atoms with Crippen LogP contribution in [0.3, 0.4) is 0 Å². The van der Waals surface area contributed by atoms with Gasteiger partial charge in [0.25, 0.3) is 0 Å². The first-order valence-corrected chi connectivity index (χ1v) is 7.54. The third-order valence-electron chi connectivity index (χ3n) is 4.54. The molecule has 0 bridgehead atoms. The Balaban J connectivity index is 1.88. The van der Waals surface area contributed by atoms with Gasteiger partial charge in [-0.2, -0.15) is 0 Å². The maximum absolute atomic E-state index is 5.74. The van der Waals surface area contributed by atoms with E-state index in [9.17, 15) is 0 Å². The Kier molecular flexibility index (Phi) is 2.82. The molecule has 1 aliphatic rings. The molecular formula is C18H19N3. The van der Waals surface area contributed by atoms with Gasteiger partial charge in [0.15, 0.2) is 0 Å². The topological polar surface area (TPSA) is 43.8 Å². The summed E-state index contributed by atoms with van der Waals surface area (Å²) in [6.45, 7) is 0.565. The zero-order chi connectivity index (χ0) is 14.4. The third-order valence-corrected chi connectivity index (χ3v) is 4.54. The molecule has 0 radical (unpaired) electrons. The van der Waals surface area contributed by atoms with Crippen molar-refractivity contribution in [3.05, 3.63) is 53.1 Å². The molecule has 3 aromatic rings. The Morgan fingerprint density at radius 1 is 1.10 bits per heavy atom. The van der Waals surface area contributed by atoms with Crippen molar-refractivity contribution in [1.29, 1.82) is 0 Å². The van der Waals surface area contributed by atoms with Crippen LogP contribution in [0, 0.1) is 0 Å². The minimum atomic E-state index is 0.565. The maximum atomic E-state index is 5.74. The van der Waals surface area contributed by atoms with E-state index in [1.807, 2.05) is 0 Å². The van der Waals surface area contributed by atoms with Gasteiger partial charge in [-0.05, 0) is 54.2 Å². The van der Waals surface area contributed by atoms with Crippen LogP contribution in [0.5, 0.6) is 0 Å². The van der Waals surface area contributed by atoms with Gasteiger partial charge in [-0.1, -0.05) is 18.2 Å². The lowest BCUT2D eigenvalue weighted by molar-refractivity contribution is 0.911. The number of hydrogen-bond acceptors (Lipinski definition) is 2. The summed E-state index contributed by atoms with van der Waals surface area (Å²) in [6, 6.07) is 13.0. The molecule has 0 fully saturated rings. The van der Waals surface area contributed by atoms with E-state index < -0.39 is 0 Å². The second-order valence-corrected chi connectivity index (χ2v) is 5.86. The predicted molar refractivity (Wildman–Crippen MR) is 86.1 cm³/mol. The molecule has 0 saturated heterocycles. The number of aryl methyl sites for hydroxylation is 3. The first kappa shape index (κ1) is 12.6. The number of imidazole rings is 1. The Labute approximate surface area is 124 Å². The summed E-state index contributed by atoms with van der Waals surface area (Å²) in [5, 5.41) is 0. The fourth-order valence-corrected chi connectivity index (χ4v) is 3.33. The molecule has 21 heavy (non-hydrogen) atoms. The molecule has 0 spiro atoms. The first-order chi connectivity index (χ1) is 10.3. The van der Waals surface area contributed by atoms with Gasteiger partial charge in [-0.25, -0.2) is 4.98 Å². The molecule has 0 amide bonds. The van der Waals surface area contributed by atoms with E-state index in [1.165, 1.54) is 36.0 Å². The monoisotopic (exact) mass is 277 g/mol. The molecule has 1 aliphatic carbocycles. The number of fused-ring (bicyclic) bond motifs is 2. The van der Waals surface area contributed by atoms with Crippen molar-refractivity contribution >= 4 is 11.0 Å². The van der Waals surface area contributed by atoms with Crippen molar-refractivity contribution in [2.45, 2.75) is 25.8 Å². The number of nitrogens with zero attached hydrogens (tertiary/aromatic N) is 2. The van der Waals surface area contributed by atoms with Gasteiger partial charge in [0.2, 0.25) is 0 Å². The third kappa shape index (κ3) is 1.96. The molecule has 106 valence electrons. The summed E-state index contributed by atoms with van der Waals surface area (Å²) in [4.78, 5) is 4.81. The van der Waals surface area contributed by atoms with Gasteiger partial charge < -0.3 is 10.3 Å². The highest BCUT2D eigenvalue weighted by Gasteiger charge is 2.15. The van der Waals surface area contributed by atoms with Crippen molar-refractivity contribution in [3.63, 3.8) is 0 Å². The molecule has 3 heteroatoms. The van der Waals surface area contributed by atoms with Crippen LogP contribution in [0.25, 0.3) is 22.4 Å². The Morgan fingerprint density at radius 2 is 1.95 bits per heavy atom. The molecule has 0 saturated carbocycles. The number of rotatable bonds is 2. The molecule has 0 aliphatic heterocycles. The standard InChI is InChI=1S/C18H19N3/c1-21-17-9-12(11-19)5-8-16(17)20-18(21)15-7-6-13-3-2-4-14(13)10-15/h5-10H,2-4,11,19H2,1H3. The second-order valence-electron chi connectivity index (χ2n) is 5.86. The van der Waals surface area contributed by atoms with E-state index >= 15 is 0 Å². The van der Waals surface area contributed by atoms with Gasteiger partial charge >= 0.3 is 0 Å². The Bertz CT molecular complexity index is 830. The van der Waals surface area contributed by atoms with E-state index in [2.05, 4.69) is 48.0 Å². The zero-order valence-electron chi connectivity index (χ0n) is 12.3. The zero-order valence-corrected chi connectivity index (χ0v) is 12.3. The van der Waals surface area contributed by atoms with Crippen molar-refractivity contribution < 1.29 is 0 Å². The highest BCUT2D eigenvalue weighted by molar-refractivity contribution is 5.81. The molecule has 1 aromatic heterocycles. The second kappa shape index (κ2) is 4.71. The van der Waals surface area contributed by atoms with Crippen LogP contribution in [0.1, 0.15) is 23.1 Å². The lowest BCUT2D eigenvalue weighted by atomic mass is 10.1. The van der Waals surface area contributed by atoms with E-state index in [-0.39, 0.29) is 0 Å². The molecule has 2 N–H and O–H groups in total. The predicted octanol–water partition coefficient (Wildman–Crippen LogP) is 3.19. The number of nitrogens with two attached hydrogens (primary N) is 1. The normalized spacial score (nSPS) is 13.8. The maximum Gasteiger partial charge on any atom is 0.140 e. The van der Waals surface area contributed by atoms with E-state index in [0.29, 0.717) is 6.54 Å². The molecule has 3 nitrogen and oxygen atoms in total. The van der Waals surface area contributed by atoms with Crippen molar-refractivity contribution in [1.82, 2.24) is 9.55 Å². The first-order valence-electron chi connectivity index (χ1n) is 7.54. The fourth-order valence-electron chi connectivity index (χ4n) is 3.33. The van der Waals surface area contributed by atoms with Gasteiger partial charge in [-0.3, -0.25) is 0 Å². The van der Waals surface area contributed by atoms with Crippen molar-refractivity contribution in [2.75, 3.05) is 0 Å². The Morgan fingerprint density at radius 3 is 2.81 bits per heavy atom. The molecule has 4 rings (SSSR count). The van der Waals surface area contributed by atoms with Gasteiger partial charge in [0, 0.05) is 19.2 Å². The number of aromatic nitrogens is 2. The van der Waals surface area contributed by atoms with Crippen LogP contribution in [0.2, 0.25) is 0 Å². The minimum Gasteiger partial charge on any atom is -0.327 e. The largest absolute Gasteiger partial charge is 0.327 e. The highest BCUT2D eigenvalue weighted by atomic mass is 15.1. The Hall–Kier alpha value is -2.13. The van der Waals surface area contributed by atoms with E-state index in [1.54, 1.807) is 0 Å². The fraction of sp³-hybridized carbons (Fsp3) is 0.278. The summed E-state index contributed by atoms with van der Waals surface area (Å²) in [5.74, 6) is 1.04. The quantitative estimate of drug-likeness (QED) is 0.782. The van der Waals surface area contributed by atoms with Gasteiger partial charge in [0.1, 0.15) is 5.82 Å². The molecule has 2 aromatic carbocycles. The average molecular weight is 277 g/mol. The van der Waals surface area contributed by atoms with Crippen molar-refractivity contribution in [3.8, 4) is 11.4 Å². The van der Waals surface area contributed by atoms with Crippen LogP contribution in [-0.2, 0) is 26.4 Å². The summed E-state index contributed by atoms with van der Waals surface area (Å²) in [5.41, 5.74) is 13.3. The molecule has 1 heterocycles. The highest BCUT2D eigenvalue weighted by Crippen LogP contribution is 2.29. The number of hydrogen-bond donors (Lipinski definition) is 1. The number of benzene rings is 2. The molecular weight excluding hydrogens is 258 g/mol. The van der Waals surface area contributed by atoms with E-state index in [4.69, 9.17) is 10.7 Å². The van der Waals surface area contributed by atoms with Gasteiger partial charge in [-0.15, -0.1) is 0 Å². The average Bonchev–Trinajstić information content (AvgIpc) is 3.11. The van der Waals surface area contributed by atoms with E-state index in [0.717, 1.165) is 22.4 Å². The van der Waals surface area contributed by atoms with Crippen LogP contribution in [0.4, 0.5) is 0 Å². The van der Waals surface area contributed by atoms with Crippen LogP contribution in [-0.4, -0.2) is 9.55 Å².